The number of nitrogens with zero attached hydrogens (tertiary/aromatic N) is 1. The molecule has 0 fully saturated rings. The zero-order valence-corrected chi connectivity index (χ0v) is 15.1. The summed E-state index contributed by atoms with van der Waals surface area (Å²) in [7, 11) is 0. The van der Waals surface area contributed by atoms with E-state index in [1.165, 1.54) is 24.3 Å². The Labute approximate surface area is 156 Å². The van der Waals surface area contributed by atoms with Gasteiger partial charge in [0.25, 0.3) is 17.5 Å². The second-order valence-corrected chi connectivity index (χ2v) is 6.24. The molecule has 0 radical (unpaired) electrons. The first-order chi connectivity index (χ1) is 12.9. The van der Waals surface area contributed by atoms with Gasteiger partial charge in [-0.2, -0.15) is 0 Å². The lowest BCUT2D eigenvalue weighted by atomic mass is 10.1. The number of rotatable bonds is 8. The van der Waals surface area contributed by atoms with Gasteiger partial charge in [0.1, 0.15) is 5.75 Å². The molecule has 2 aromatic rings. The molecule has 0 saturated carbocycles. The number of nitrogens with one attached hydrogen (secondary N) is 2. The Bertz CT molecular complexity index is 836. The van der Waals surface area contributed by atoms with Gasteiger partial charge in [0.05, 0.1) is 22.2 Å². The van der Waals surface area contributed by atoms with Crippen molar-refractivity contribution in [1.29, 1.82) is 0 Å². The summed E-state index contributed by atoms with van der Waals surface area (Å²) in [6.45, 7) is 4.15. The molecule has 2 aromatic carbocycles. The number of para-hydroxylation sites is 1. The largest absolute Gasteiger partial charge is 0.484 e. The first kappa shape index (κ1) is 19.9. The van der Waals surface area contributed by atoms with Gasteiger partial charge in [0.2, 0.25) is 0 Å². The highest BCUT2D eigenvalue weighted by molar-refractivity contribution is 6.04. The average molecular weight is 371 g/mol. The van der Waals surface area contributed by atoms with Crippen LogP contribution in [0.3, 0.4) is 0 Å². The lowest BCUT2D eigenvalue weighted by Crippen LogP contribution is -2.29. The first-order valence-electron chi connectivity index (χ1n) is 8.41. The van der Waals surface area contributed by atoms with E-state index in [9.17, 15) is 19.7 Å². The molecule has 0 aliphatic heterocycles. The zero-order valence-electron chi connectivity index (χ0n) is 15.1. The minimum Gasteiger partial charge on any atom is -0.484 e. The van der Waals surface area contributed by atoms with E-state index in [2.05, 4.69) is 10.6 Å². The normalized spacial score (nSPS) is 10.3. The molecule has 2 N–H and O–H groups in total. The Morgan fingerprint density at radius 3 is 2.59 bits per heavy atom. The van der Waals surface area contributed by atoms with Crippen LogP contribution in [-0.2, 0) is 4.79 Å². The molecule has 2 amide bonds. The van der Waals surface area contributed by atoms with Crippen molar-refractivity contribution in [1.82, 2.24) is 5.32 Å². The van der Waals surface area contributed by atoms with Crippen molar-refractivity contribution in [2.75, 3.05) is 18.5 Å². The molecule has 0 heterocycles. The van der Waals surface area contributed by atoms with Gasteiger partial charge < -0.3 is 15.4 Å². The summed E-state index contributed by atoms with van der Waals surface area (Å²) < 4.78 is 5.29. The van der Waals surface area contributed by atoms with E-state index in [-0.39, 0.29) is 24.0 Å². The fourth-order valence-electron chi connectivity index (χ4n) is 2.20. The molecule has 8 heteroatoms. The van der Waals surface area contributed by atoms with E-state index in [1.807, 2.05) is 13.8 Å². The molecule has 27 heavy (non-hydrogen) atoms. The Balaban J connectivity index is 1.99. The van der Waals surface area contributed by atoms with E-state index in [0.29, 0.717) is 23.7 Å². The molecule has 0 aliphatic carbocycles. The Morgan fingerprint density at radius 1 is 1.15 bits per heavy atom. The Kier molecular flexibility index (Phi) is 6.87. The monoisotopic (exact) mass is 371 g/mol. The maximum Gasteiger partial charge on any atom is 0.273 e. The van der Waals surface area contributed by atoms with Gasteiger partial charge in [-0.05, 0) is 24.1 Å². The Morgan fingerprint density at radius 2 is 1.89 bits per heavy atom. The molecular formula is C19H21N3O5. The van der Waals surface area contributed by atoms with Gasteiger partial charge in [-0.25, -0.2) is 0 Å². The number of benzene rings is 2. The molecular weight excluding hydrogens is 350 g/mol. The van der Waals surface area contributed by atoms with Crippen LogP contribution in [0.2, 0.25) is 0 Å². The average Bonchev–Trinajstić information content (AvgIpc) is 2.65. The Hall–Kier alpha value is -3.42. The van der Waals surface area contributed by atoms with Gasteiger partial charge in [0.15, 0.2) is 6.61 Å². The van der Waals surface area contributed by atoms with Gasteiger partial charge >= 0.3 is 0 Å². The number of hydrogen-bond acceptors (Lipinski definition) is 5. The highest BCUT2D eigenvalue weighted by Crippen LogP contribution is 2.19. The van der Waals surface area contributed by atoms with Crippen LogP contribution in [0.5, 0.6) is 5.75 Å². The van der Waals surface area contributed by atoms with Gasteiger partial charge in [-0.3, -0.25) is 19.7 Å². The molecule has 0 aromatic heterocycles. The molecule has 0 unspecified atom stereocenters. The summed E-state index contributed by atoms with van der Waals surface area (Å²) >= 11 is 0. The molecule has 0 atom stereocenters. The summed E-state index contributed by atoms with van der Waals surface area (Å²) in [5.74, 6) is -0.244. The number of anilines is 1. The van der Waals surface area contributed by atoms with Crippen LogP contribution in [0.1, 0.15) is 24.2 Å². The van der Waals surface area contributed by atoms with E-state index in [0.717, 1.165) is 0 Å². The maximum atomic E-state index is 12.3. The van der Waals surface area contributed by atoms with E-state index < -0.39 is 10.8 Å². The number of carbonyl (C=O) groups excluding carboxylic acids is 2. The third-order valence-corrected chi connectivity index (χ3v) is 3.52. The van der Waals surface area contributed by atoms with Crippen LogP contribution in [-0.4, -0.2) is 29.9 Å². The van der Waals surface area contributed by atoms with Crippen LogP contribution < -0.4 is 15.4 Å². The number of ether oxygens (including phenoxy) is 1. The van der Waals surface area contributed by atoms with Crippen molar-refractivity contribution in [3.8, 4) is 5.75 Å². The number of hydrogen-bond donors (Lipinski definition) is 2. The second-order valence-electron chi connectivity index (χ2n) is 6.24. The highest BCUT2D eigenvalue weighted by atomic mass is 16.6. The number of nitro benzene ring substituents is 1. The van der Waals surface area contributed by atoms with Gasteiger partial charge in [-0.1, -0.05) is 32.0 Å². The standard InChI is InChI=1S/C19H21N3O5/c1-13(2)11-20-19(24)16-8-3-4-9-17(16)21-18(23)12-27-15-7-5-6-14(10-15)22(25)26/h3-10,13H,11-12H2,1-2H3,(H,20,24)(H,21,23). The third-order valence-electron chi connectivity index (χ3n) is 3.52. The van der Waals surface area contributed by atoms with Crippen molar-refractivity contribution in [3.05, 3.63) is 64.2 Å². The summed E-state index contributed by atoms with van der Waals surface area (Å²) in [6, 6.07) is 12.2. The van der Waals surface area contributed by atoms with Crippen molar-refractivity contribution in [3.63, 3.8) is 0 Å². The second kappa shape index (κ2) is 9.33. The predicted octanol–water partition coefficient (Wildman–Crippen LogP) is 3.00. The van der Waals surface area contributed by atoms with Crippen molar-refractivity contribution < 1.29 is 19.2 Å². The maximum absolute atomic E-state index is 12.3. The summed E-state index contributed by atoms with van der Waals surface area (Å²) in [5.41, 5.74) is 0.591. The van der Waals surface area contributed by atoms with Crippen LogP contribution in [0.4, 0.5) is 11.4 Å². The van der Waals surface area contributed by atoms with E-state index >= 15 is 0 Å². The van der Waals surface area contributed by atoms with Crippen molar-refractivity contribution in [2.24, 2.45) is 5.92 Å². The minimum absolute atomic E-state index is 0.125. The topological polar surface area (TPSA) is 111 Å². The molecule has 142 valence electrons. The van der Waals surface area contributed by atoms with Gasteiger partial charge in [0, 0.05) is 12.6 Å². The van der Waals surface area contributed by atoms with Crippen molar-refractivity contribution >= 4 is 23.2 Å². The number of non-ortho nitro benzene ring substituents is 1. The van der Waals surface area contributed by atoms with Crippen molar-refractivity contribution in [2.45, 2.75) is 13.8 Å². The summed E-state index contributed by atoms with van der Waals surface area (Å²) in [6.07, 6.45) is 0. The first-order valence-corrected chi connectivity index (χ1v) is 8.41. The molecule has 0 aliphatic rings. The highest BCUT2D eigenvalue weighted by Gasteiger charge is 2.14. The van der Waals surface area contributed by atoms with Gasteiger partial charge in [-0.15, -0.1) is 0 Å². The van der Waals surface area contributed by atoms with Crippen LogP contribution in [0.15, 0.2) is 48.5 Å². The van der Waals surface area contributed by atoms with E-state index in [1.54, 1.807) is 24.3 Å². The zero-order chi connectivity index (χ0) is 19.8. The summed E-state index contributed by atoms with van der Waals surface area (Å²) in [5, 5.41) is 16.2. The molecule has 0 spiro atoms. The van der Waals surface area contributed by atoms with E-state index in [4.69, 9.17) is 4.74 Å². The molecule has 2 rings (SSSR count). The SMILES string of the molecule is CC(C)CNC(=O)c1ccccc1NC(=O)COc1cccc([N+](=O)[O-])c1. The number of nitro groups is 1. The van der Waals surface area contributed by atoms with Crippen LogP contribution >= 0.6 is 0 Å². The fourth-order valence-corrected chi connectivity index (χ4v) is 2.20. The minimum atomic E-state index is -0.543. The summed E-state index contributed by atoms with van der Waals surface area (Å²) in [4.78, 5) is 34.6. The molecule has 0 bridgehead atoms. The lowest BCUT2D eigenvalue weighted by molar-refractivity contribution is -0.384. The van der Waals surface area contributed by atoms with Crippen LogP contribution in [0, 0.1) is 16.0 Å². The quantitative estimate of drug-likeness (QED) is 0.547. The third kappa shape index (κ3) is 6.10. The predicted molar refractivity (Wildman–Crippen MR) is 101 cm³/mol. The molecule has 8 nitrogen and oxygen atoms in total. The molecule has 0 saturated heterocycles. The lowest BCUT2D eigenvalue weighted by Gasteiger charge is -2.13. The smallest absolute Gasteiger partial charge is 0.273 e. The number of carbonyl (C=O) groups is 2. The fraction of sp³-hybridized carbons (Fsp3) is 0.263. The number of amides is 2. The van der Waals surface area contributed by atoms with Crippen LogP contribution in [0.25, 0.3) is 0 Å².